The molecule has 0 spiro atoms. The number of fused-ring (bicyclic) bond motifs is 1. The van der Waals surface area contributed by atoms with Gasteiger partial charge in [-0.25, -0.2) is 0 Å². The van der Waals surface area contributed by atoms with Crippen molar-refractivity contribution in [2.75, 3.05) is 38.2 Å². The van der Waals surface area contributed by atoms with E-state index in [-0.39, 0.29) is 43.0 Å². The highest BCUT2D eigenvalue weighted by Crippen LogP contribution is 2.28. The fourth-order valence-corrected chi connectivity index (χ4v) is 3.58. The average molecular weight is 498 g/mol. The minimum absolute atomic E-state index is 0. The third-order valence-electron chi connectivity index (χ3n) is 4.96. The van der Waals surface area contributed by atoms with Crippen molar-refractivity contribution >= 4 is 35.6 Å². The molecule has 152 valence electrons. The number of hydrogen-bond donors (Lipinski definition) is 2. The molecule has 2 aliphatic rings. The van der Waals surface area contributed by atoms with Crippen molar-refractivity contribution in [1.82, 2.24) is 4.90 Å². The van der Waals surface area contributed by atoms with Crippen molar-refractivity contribution in [2.24, 2.45) is 10.7 Å². The fourth-order valence-electron chi connectivity index (χ4n) is 3.58. The summed E-state index contributed by atoms with van der Waals surface area (Å²) in [7, 11) is 0. The molecule has 0 aromatic heterocycles. The number of benzene rings is 1. The van der Waals surface area contributed by atoms with Crippen molar-refractivity contribution in [3.8, 4) is 0 Å². The van der Waals surface area contributed by atoms with Gasteiger partial charge < -0.3 is 15.8 Å². The van der Waals surface area contributed by atoms with Gasteiger partial charge >= 0.3 is 6.18 Å². The number of halogens is 4. The number of nitrogens with one attached hydrogen (secondary N) is 1. The Hall–Kier alpha value is -1.07. The fraction of sp³-hybridized carbons (Fsp3) is 0.611. The second-order valence-corrected chi connectivity index (χ2v) is 6.71. The molecule has 1 unspecified atom stereocenters. The number of aliphatic imine (C=N–C) groups is 1. The lowest BCUT2D eigenvalue weighted by molar-refractivity contribution is -0.188. The van der Waals surface area contributed by atoms with Crippen LogP contribution in [0.2, 0.25) is 0 Å². The zero-order chi connectivity index (χ0) is 18.6. The molecule has 5 nitrogen and oxygen atoms in total. The van der Waals surface area contributed by atoms with Gasteiger partial charge in [-0.3, -0.25) is 9.89 Å². The van der Waals surface area contributed by atoms with E-state index < -0.39 is 18.8 Å². The Bertz CT molecular complexity index is 648. The number of guanidine groups is 1. The third kappa shape index (κ3) is 5.95. The normalized spacial score (nSPS) is 19.7. The van der Waals surface area contributed by atoms with Crippen molar-refractivity contribution in [1.29, 1.82) is 0 Å². The lowest BCUT2D eigenvalue weighted by Gasteiger charge is -2.34. The van der Waals surface area contributed by atoms with Crippen LogP contribution in [-0.2, 0) is 17.6 Å². The van der Waals surface area contributed by atoms with E-state index in [1.807, 2.05) is 12.1 Å². The molecular formula is C18H26F3IN4O. The number of rotatable bonds is 4. The number of nitrogens with zero attached hydrogens (tertiary/aromatic N) is 2. The molecule has 1 aromatic carbocycles. The molecule has 0 amide bonds. The molecule has 9 heteroatoms. The van der Waals surface area contributed by atoms with E-state index in [0.29, 0.717) is 13.2 Å². The highest BCUT2D eigenvalue weighted by atomic mass is 127. The SMILES string of the molecule is I.NC(=NCC(N1CCOCC1)C(F)(F)F)Nc1cccc2c1CCCC2. The van der Waals surface area contributed by atoms with Gasteiger partial charge in [-0.05, 0) is 42.9 Å². The van der Waals surface area contributed by atoms with Gasteiger partial charge in [0, 0.05) is 18.8 Å². The topological polar surface area (TPSA) is 62.9 Å². The van der Waals surface area contributed by atoms with Crippen LogP contribution in [0.25, 0.3) is 0 Å². The van der Waals surface area contributed by atoms with Gasteiger partial charge in [-0.1, -0.05) is 12.1 Å². The quantitative estimate of drug-likeness (QED) is 0.381. The van der Waals surface area contributed by atoms with Crippen LogP contribution >= 0.6 is 24.0 Å². The first kappa shape index (κ1) is 22.2. The lowest BCUT2D eigenvalue weighted by Crippen LogP contribution is -2.52. The van der Waals surface area contributed by atoms with E-state index in [2.05, 4.69) is 16.4 Å². The Morgan fingerprint density at radius 3 is 2.63 bits per heavy atom. The molecule has 1 aliphatic heterocycles. The molecule has 0 bridgehead atoms. The minimum atomic E-state index is -4.35. The Labute approximate surface area is 174 Å². The van der Waals surface area contributed by atoms with Crippen LogP contribution in [0.15, 0.2) is 23.2 Å². The maximum absolute atomic E-state index is 13.4. The van der Waals surface area contributed by atoms with Gasteiger partial charge in [-0.2, -0.15) is 13.2 Å². The Morgan fingerprint density at radius 2 is 1.93 bits per heavy atom. The summed E-state index contributed by atoms with van der Waals surface area (Å²) in [6.45, 7) is 0.691. The zero-order valence-electron chi connectivity index (χ0n) is 15.1. The first-order valence-corrected chi connectivity index (χ1v) is 9.01. The van der Waals surface area contributed by atoms with E-state index in [0.717, 1.165) is 31.4 Å². The molecule has 1 atom stereocenters. The number of ether oxygens (including phenoxy) is 1. The lowest BCUT2D eigenvalue weighted by atomic mass is 9.90. The summed E-state index contributed by atoms with van der Waals surface area (Å²) in [5.41, 5.74) is 9.20. The van der Waals surface area contributed by atoms with E-state index in [4.69, 9.17) is 10.5 Å². The molecule has 3 N–H and O–H groups in total. The van der Waals surface area contributed by atoms with E-state index >= 15 is 0 Å². The molecule has 1 heterocycles. The summed E-state index contributed by atoms with van der Waals surface area (Å²) in [5.74, 6) is 0.0199. The minimum Gasteiger partial charge on any atom is -0.379 e. The summed E-state index contributed by atoms with van der Waals surface area (Å²) >= 11 is 0. The third-order valence-corrected chi connectivity index (χ3v) is 4.96. The van der Waals surface area contributed by atoms with Crippen molar-refractivity contribution in [3.05, 3.63) is 29.3 Å². The maximum atomic E-state index is 13.4. The van der Waals surface area contributed by atoms with Gasteiger partial charge in [0.15, 0.2) is 5.96 Å². The predicted molar refractivity (Wildman–Crippen MR) is 111 cm³/mol. The van der Waals surface area contributed by atoms with Crippen molar-refractivity contribution in [2.45, 2.75) is 37.9 Å². The number of hydrogen-bond acceptors (Lipinski definition) is 3. The Balaban J connectivity index is 0.00000261. The van der Waals surface area contributed by atoms with Crippen LogP contribution < -0.4 is 11.1 Å². The summed E-state index contributed by atoms with van der Waals surface area (Å²) in [5, 5.41) is 3.00. The van der Waals surface area contributed by atoms with Gasteiger partial charge in [0.05, 0.1) is 19.8 Å². The van der Waals surface area contributed by atoms with Crippen LogP contribution in [0.4, 0.5) is 18.9 Å². The Morgan fingerprint density at radius 1 is 1.22 bits per heavy atom. The number of anilines is 1. The van der Waals surface area contributed by atoms with Gasteiger partial charge in [0.25, 0.3) is 0 Å². The molecule has 1 saturated heterocycles. The van der Waals surface area contributed by atoms with Crippen LogP contribution in [0.3, 0.4) is 0 Å². The molecule has 0 radical (unpaired) electrons. The first-order chi connectivity index (χ1) is 12.4. The second kappa shape index (κ2) is 9.92. The van der Waals surface area contributed by atoms with E-state index in [1.54, 1.807) is 0 Å². The molecule has 3 rings (SSSR count). The number of aryl methyl sites for hydroxylation is 1. The van der Waals surface area contributed by atoms with Crippen molar-refractivity contribution < 1.29 is 17.9 Å². The largest absolute Gasteiger partial charge is 0.405 e. The first-order valence-electron chi connectivity index (χ1n) is 9.01. The highest BCUT2D eigenvalue weighted by Gasteiger charge is 2.43. The second-order valence-electron chi connectivity index (χ2n) is 6.71. The summed E-state index contributed by atoms with van der Waals surface area (Å²) in [6, 6.07) is 4.28. The van der Waals surface area contributed by atoms with Crippen LogP contribution in [0, 0.1) is 0 Å². The smallest absolute Gasteiger partial charge is 0.379 e. The average Bonchev–Trinajstić information content (AvgIpc) is 2.62. The summed E-state index contributed by atoms with van der Waals surface area (Å²) in [6.07, 6.45) is -0.115. The number of morpholine rings is 1. The molecule has 1 aliphatic carbocycles. The molecule has 27 heavy (non-hydrogen) atoms. The number of nitrogens with two attached hydrogens (primary N) is 1. The van der Waals surface area contributed by atoms with E-state index in [9.17, 15) is 13.2 Å². The van der Waals surface area contributed by atoms with Crippen LogP contribution in [0.5, 0.6) is 0 Å². The molecule has 0 saturated carbocycles. The van der Waals surface area contributed by atoms with Crippen LogP contribution in [-0.4, -0.2) is 55.9 Å². The van der Waals surface area contributed by atoms with E-state index in [1.165, 1.54) is 16.0 Å². The molecule has 1 fully saturated rings. The standard InChI is InChI=1S/C18H25F3N4O.HI/c19-18(20,21)16(25-8-10-26-11-9-25)12-23-17(22)24-15-7-3-5-13-4-1-2-6-14(13)15;/h3,5,7,16H,1-2,4,6,8-12H2,(H3,22,23,24);1H. The van der Waals surface area contributed by atoms with Crippen molar-refractivity contribution in [3.63, 3.8) is 0 Å². The number of alkyl halides is 3. The summed E-state index contributed by atoms with van der Waals surface area (Å²) in [4.78, 5) is 5.36. The highest BCUT2D eigenvalue weighted by molar-refractivity contribution is 14.0. The zero-order valence-corrected chi connectivity index (χ0v) is 17.4. The molecular weight excluding hydrogens is 472 g/mol. The summed E-state index contributed by atoms with van der Waals surface area (Å²) < 4.78 is 45.3. The molecule has 1 aromatic rings. The maximum Gasteiger partial charge on any atom is 0.405 e. The van der Waals surface area contributed by atoms with Gasteiger partial charge in [0.2, 0.25) is 0 Å². The van der Waals surface area contributed by atoms with Gasteiger partial charge in [-0.15, -0.1) is 24.0 Å². The predicted octanol–water partition coefficient (Wildman–Crippen LogP) is 3.17. The van der Waals surface area contributed by atoms with Gasteiger partial charge in [0.1, 0.15) is 6.04 Å². The Kier molecular flexibility index (Phi) is 8.17. The monoisotopic (exact) mass is 498 g/mol. The van der Waals surface area contributed by atoms with Crippen LogP contribution in [0.1, 0.15) is 24.0 Å².